The van der Waals surface area contributed by atoms with Gasteiger partial charge in [0.1, 0.15) is 4.90 Å². The van der Waals surface area contributed by atoms with Gasteiger partial charge in [-0.1, -0.05) is 50.4 Å². The molecule has 120 valence electrons. The highest BCUT2D eigenvalue weighted by Crippen LogP contribution is 2.29. The first-order chi connectivity index (χ1) is 9.77. The van der Waals surface area contributed by atoms with E-state index in [0.29, 0.717) is 23.7 Å². The van der Waals surface area contributed by atoms with Gasteiger partial charge in [0.05, 0.1) is 5.02 Å². The van der Waals surface area contributed by atoms with Crippen LogP contribution in [0.25, 0.3) is 0 Å². The van der Waals surface area contributed by atoms with Gasteiger partial charge in [-0.25, -0.2) is 13.1 Å². The van der Waals surface area contributed by atoms with Crippen LogP contribution in [-0.4, -0.2) is 21.0 Å². The van der Waals surface area contributed by atoms with Gasteiger partial charge in [0.25, 0.3) is 0 Å². The minimum atomic E-state index is -3.64. The highest BCUT2D eigenvalue weighted by molar-refractivity contribution is 7.89. The number of hydrogen-bond acceptors (Lipinski definition) is 3. The van der Waals surface area contributed by atoms with Gasteiger partial charge in [0.15, 0.2) is 0 Å². The average Bonchev–Trinajstić information content (AvgIpc) is 2.39. The molecule has 1 rings (SSSR count). The van der Waals surface area contributed by atoms with Crippen molar-refractivity contribution in [2.45, 2.75) is 51.1 Å². The standard InChI is InChI=1S/C14H22Cl2N2O2S/c1-4-5-6-18-21(19,20)13-8-12(15)7-11(14(13)16)9-17-10(2)3/h7-8,10,17-18H,4-6,9H2,1-3H3. The predicted octanol–water partition coefficient (Wildman–Crippen LogP) is 3.57. The van der Waals surface area contributed by atoms with Crippen molar-refractivity contribution in [3.05, 3.63) is 27.7 Å². The van der Waals surface area contributed by atoms with Crippen molar-refractivity contribution in [2.75, 3.05) is 6.54 Å². The minimum absolute atomic E-state index is 0.0355. The van der Waals surface area contributed by atoms with Crippen molar-refractivity contribution in [3.63, 3.8) is 0 Å². The van der Waals surface area contributed by atoms with E-state index in [1.165, 1.54) is 6.07 Å². The second-order valence-electron chi connectivity index (χ2n) is 5.16. The summed E-state index contributed by atoms with van der Waals surface area (Å²) in [5.41, 5.74) is 0.675. The summed E-state index contributed by atoms with van der Waals surface area (Å²) < 4.78 is 27.1. The summed E-state index contributed by atoms with van der Waals surface area (Å²) in [5, 5.41) is 3.78. The van der Waals surface area contributed by atoms with E-state index in [0.717, 1.165) is 12.8 Å². The molecule has 0 aliphatic heterocycles. The quantitative estimate of drug-likeness (QED) is 0.703. The Hall–Kier alpha value is -0.330. The summed E-state index contributed by atoms with van der Waals surface area (Å²) in [6.45, 7) is 6.86. The number of nitrogens with one attached hydrogen (secondary N) is 2. The molecule has 2 N–H and O–H groups in total. The number of halogens is 2. The molecule has 0 spiro atoms. The fourth-order valence-electron chi connectivity index (χ4n) is 1.72. The molecular formula is C14H22Cl2N2O2S. The lowest BCUT2D eigenvalue weighted by molar-refractivity contribution is 0.576. The molecule has 0 amide bonds. The van der Waals surface area contributed by atoms with E-state index in [1.807, 2.05) is 20.8 Å². The van der Waals surface area contributed by atoms with Gasteiger partial charge >= 0.3 is 0 Å². The van der Waals surface area contributed by atoms with E-state index in [1.54, 1.807) is 6.07 Å². The van der Waals surface area contributed by atoms with Crippen molar-refractivity contribution in [3.8, 4) is 0 Å². The van der Waals surface area contributed by atoms with Crippen LogP contribution >= 0.6 is 23.2 Å². The number of benzene rings is 1. The lowest BCUT2D eigenvalue weighted by atomic mass is 10.2. The highest BCUT2D eigenvalue weighted by atomic mass is 35.5. The molecule has 4 nitrogen and oxygen atoms in total. The number of sulfonamides is 1. The summed E-state index contributed by atoms with van der Waals surface area (Å²) in [6.07, 6.45) is 1.69. The van der Waals surface area contributed by atoms with Crippen LogP contribution in [0.15, 0.2) is 17.0 Å². The van der Waals surface area contributed by atoms with E-state index >= 15 is 0 Å². The largest absolute Gasteiger partial charge is 0.310 e. The summed E-state index contributed by atoms with van der Waals surface area (Å²) in [6, 6.07) is 3.34. The molecule has 1 aromatic carbocycles. The smallest absolute Gasteiger partial charge is 0.242 e. The lowest BCUT2D eigenvalue weighted by Gasteiger charge is -2.14. The predicted molar refractivity (Wildman–Crippen MR) is 88.5 cm³/mol. The first kappa shape index (κ1) is 18.7. The normalized spacial score (nSPS) is 12.1. The first-order valence-electron chi connectivity index (χ1n) is 6.99. The topological polar surface area (TPSA) is 58.2 Å². The summed E-state index contributed by atoms with van der Waals surface area (Å²) in [7, 11) is -3.64. The zero-order valence-electron chi connectivity index (χ0n) is 12.5. The van der Waals surface area contributed by atoms with Crippen LogP contribution in [0.4, 0.5) is 0 Å². The Morgan fingerprint density at radius 2 is 1.90 bits per heavy atom. The summed E-state index contributed by atoms with van der Waals surface area (Å²) in [4.78, 5) is 0.0355. The van der Waals surface area contributed by atoms with Gasteiger partial charge in [-0.2, -0.15) is 0 Å². The Balaban J connectivity index is 3.06. The van der Waals surface area contributed by atoms with Crippen LogP contribution in [0.2, 0.25) is 10.0 Å². The maximum absolute atomic E-state index is 12.3. The average molecular weight is 353 g/mol. The van der Waals surface area contributed by atoms with Gasteiger partial charge in [0.2, 0.25) is 10.0 Å². The van der Waals surface area contributed by atoms with Gasteiger partial charge < -0.3 is 5.32 Å². The van der Waals surface area contributed by atoms with Crippen LogP contribution in [0.1, 0.15) is 39.2 Å². The fourth-order valence-corrected chi connectivity index (χ4v) is 3.72. The highest BCUT2D eigenvalue weighted by Gasteiger charge is 2.20. The monoisotopic (exact) mass is 352 g/mol. The number of unbranched alkanes of at least 4 members (excludes halogenated alkanes) is 1. The molecule has 1 aromatic rings. The van der Waals surface area contributed by atoms with Gasteiger partial charge in [-0.3, -0.25) is 0 Å². The van der Waals surface area contributed by atoms with E-state index in [4.69, 9.17) is 23.2 Å². The molecule has 0 saturated heterocycles. The van der Waals surface area contributed by atoms with Gasteiger partial charge in [-0.05, 0) is 24.1 Å². The zero-order chi connectivity index (χ0) is 16.0. The fraction of sp³-hybridized carbons (Fsp3) is 0.571. The van der Waals surface area contributed by atoms with Crippen molar-refractivity contribution < 1.29 is 8.42 Å². The molecule has 0 aromatic heterocycles. The molecule has 0 aliphatic carbocycles. The van der Waals surface area contributed by atoms with Crippen LogP contribution < -0.4 is 10.0 Å². The van der Waals surface area contributed by atoms with Crippen molar-refractivity contribution >= 4 is 33.2 Å². The van der Waals surface area contributed by atoms with Crippen LogP contribution in [0, 0.1) is 0 Å². The molecule has 0 saturated carbocycles. The number of hydrogen-bond donors (Lipinski definition) is 2. The maximum atomic E-state index is 12.3. The Labute approximate surface area is 137 Å². The molecule has 0 radical (unpaired) electrons. The van der Waals surface area contributed by atoms with E-state index in [2.05, 4.69) is 10.0 Å². The van der Waals surface area contributed by atoms with Gasteiger partial charge in [0, 0.05) is 24.2 Å². The van der Waals surface area contributed by atoms with E-state index in [-0.39, 0.29) is 16.0 Å². The molecule has 21 heavy (non-hydrogen) atoms. The molecule has 0 atom stereocenters. The Morgan fingerprint density at radius 3 is 2.48 bits per heavy atom. The van der Waals surface area contributed by atoms with Crippen molar-refractivity contribution in [1.29, 1.82) is 0 Å². The third-order valence-electron chi connectivity index (χ3n) is 2.89. The van der Waals surface area contributed by atoms with Crippen molar-refractivity contribution in [1.82, 2.24) is 10.0 Å². The second kappa shape index (κ2) is 8.34. The van der Waals surface area contributed by atoms with Crippen LogP contribution in [0.5, 0.6) is 0 Å². The van der Waals surface area contributed by atoms with Gasteiger partial charge in [-0.15, -0.1) is 0 Å². The van der Waals surface area contributed by atoms with E-state index < -0.39 is 10.0 Å². The Morgan fingerprint density at radius 1 is 1.24 bits per heavy atom. The summed E-state index contributed by atoms with van der Waals surface area (Å²) >= 11 is 12.3. The molecule has 0 heterocycles. The maximum Gasteiger partial charge on any atom is 0.242 e. The molecule has 0 fully saturated rings. The van der Waals surface area contributed by atoms with E-state index in [9.17, 15) is 8.42 Å². The van der Waals surface area contributed by atoms with Crippen molar-refractivity contribution in [2.24, 2.45) is 0 Å². The molecule has 0 bridgehead atoms. The zero-order valence-corrected chi connectivity index (χ0v) is 14.9. The van der Waals surface area contributed by atoms with Crippen LogP contribution in [0.3, 0.4) is 0 Å². The minimum Gasteiger partial charge on any atom is -0.310 e. The number of rotatable bonds is 8. The molecule has 7 heteroatoms. The lowest BCUT2D eigenvalue weighted by Crippen LogP contribution is -2.26. The Bertz CT molecular complexity index is 575. The molecule has 0 unspecified atom stereocenters. The second-order valence-corrected chi connectivity index (χ2v) is 7.71. The Kier molecular flexibility index (Phi) is 7.44. The third kappa shape index (κ3) is 5.75. The third-order valence-corrected chi connectivity index (χ3v) is 5.15. The molecule has 0 aliphatic rings. The van der Waals surface area contributed by atoms with Crippen LogP contribution in [-0.2, 0) is 16.6 Å². The first-order valence-corrected chi connectivity index (χ1v) is 9.22. The SMILES string of the molecule is CCCCNS(=O)(=O)c1cc(Cl)cc(CNC(C)C)c1Cl. The molecular weight excluding hydrogens is 331 g/mol. The summed E-state index contributed by atoms with van der Waals surface area (Å²) in [5.74, 6) is 0.